The van der Waals surface area contributed by atoms with E-state index in [-0.39, 0.29) is 39.8 Å². The quantitative estimate of drug-likeness (QED) is 0.176. The molecular weight excluding hydrogens is 624 g/mol. The van der Waals surface area contributed by atoms with E-state index in [0.29, 0.717) is 5.17 Å². The van der Waals surface area contributed by atoms with Crippen LogP contribution in [0.3, 0.4) is 0 Å². The molecule has 0 bridgehead atoms. The fraction of sp³-hybridized carbons (Fsp3) is 0.133. The van der Waals surface area contributed by atoms with Gasteiger partial charge in [-0.05, 0) is 17.4 Å². The molecule has 216 valence electrons. The Morgan fingerprint density at radius 2 is 1.46 bits per heavy atom. The van der Waals surface area contributed by atoms with Crippen LogP contribution in [0.25, 0.3) is 0 Å². The third kappa shape index (κ3) is 11.0. The molecule has 0 saturated heterocycles. The Hall–Kier alpha value is -3.07. The number of carbonyl (C=O) groups is 2. The summed E-state index contributed by atoms with van der Waals surface area (Å²) < 4.78 is 9.56. The zero-order valence-electron chi connectivity index (χ0n) is 22.7. The molecule has 11 heteroatoms. The maximum atomic E-state index is 12.4. The zero-order chi connectivity index (χ0) is 27.9. The number of nitrogens with zero attached hydrogens (tertiary/aromatic N) is 4. The van der Waals surface area contributed by atoms with Crippen molar-refractivity contribution in [2.45, 2.75) is 6.17 Å². The number of ether oxygens (including phenoxy) is 2. The normalized spacial score (nSPS) is 19.1. The summed E-state index contributed by atoms with van der Waals surface area (Å²) in [6.07, 6.45) is 39.3. The van der Waals surface area contributed by atoms with Crippen molar-refractivity contribution in [2.75, 3.05) is 20.5 Å². The van der Waals surface area contributed by atoms with E-state index in [1.807, 2.05) is 117 Å². The minimum atomic E-state index is -0.710. The number of rotatable bonds is 6. The van der Waals surface area contributed by atoms with Crippen LogP contribution in [0.1, 0.15) is 0 Å². The molecule has 0 amide bonds. The van der Waals surface area contributed by atoms with Crippen molar-refractivity contribution in [3.05, 3.63) is 134 Å². The summed E-state index contributed by atoms with van der Waals surface area (Å²) in [5, 5.41) is 12.8. The number of carbonyl (C=O) groups excluding carboxylic acids is 2. The number of hydrazone groups is 2. The second kappa shape index (κ2) is 19.9. The molecule has 41 heavy (non-hydrogen) atoms. The first-order valence-electron chi connectivity index (χ1n) is 12.0. The summed E-state index contributed by atoms with van der Waals surface area (Å²) in [6.45, 7) is 0. The maximum Gasteiger partial charge on any atom is 0.356 e. The van der Waals surface area contributed by atoms with Crippen LogP contribution in [0, 0.1) is 25.7 Å². The van der Waals surface area contributed by atoms with Gasteiger partial charge in [-0.25, -0.2) is 19.6 Å². The first-order chi connectivity index (χ1) is 19.1. The summed E-state index contributed by atoms with van der Waals surface area (Å²) in [7, 11) is 2.48. The smallest absolute Gasteiger partial charge is 0.356 e. The molecule has 5 rings (SSSR count). The summed E-state index contributed by atoms with van der Waals surface area (Å²) in [6, 6.07) is 0. The Balaban J connectivity index is 0.000000587. The van der Waals surface area contributed by atoms with Crippen LogP contribution in [0.4, 0.5) is 0 Å². The Morgan fingerprint density at radius 3 is 1.90 bits per heavy atom. The van der Waals surface area contributed by atoms with E-state index in [1.54, 1.807) is 11.2 Å². The van der Waals surface area contributed by atoms with E-state index < -0.39 is 18.1 Å². The summed E-state index contributed by atoms with van der Waals surface area (Å²) in [4.78, 5) is 24.3. The second-order valence-corrected chi connectivity index (χ2v) is 8.57. The van der Waals surface area contributed by atoms with E-state index >= 15 is 0 Å². The van der Waals surface area contributed by atoms with Gasteiger partial charge in [-0.2, -0.15) is 5.10 Å². The molecule has 5 aliphatic rings. The van der Waals surface area contributed by atoms with Crippen molar-refractivity contribution >= 4 is 35.1 Å². The van der Waals surface area contributed by atoms with Gasteiger partial charge in [0.15, 0.2) is 11.9 Å². The third-order valence-electron chi connectivity index (χ3n) is 5.25. The van der Waals surface area contributed by atoms with Gasteiger partial charge in [-0.1, -0.05) is 96.8 Å². The van der Waals surface area contributed by atoms with Gasteiger partial charge in [-0.15, -0.1) is 5.10 Å². The van der Waals surface area contributed by atoms with E-state index in [0.717, 1.165) is 17.2 Å². The van der Waals surface area contributed by atoms with E-state index in [9.17, 15) is 9.59 Å². The van der Waals surface area contributed by atoms with Crippen molar-refractivity contribution in [2.24, 2.45) is 10.2 Å². The van der Waals surface area contributed by atoms with Crippen LogP contribution in [0.2, 0.25) is 0 Å². The molecule has 0 aromatic carbocycles. The minimum Gasteiger partial charge on any atom is -0.466 e. The predicted molar refractivity (Wildman–Crippen MR) is 157 cm³/mol. The van der Waals surface area contributed by atoms with Crippen molar-refractivity contribution in [3.8, 4) is 0 Å². The average Bonchev–Trinajstić information content (AvgIpc) is 3.80. The van der Waals surface area contributed by atoms with E-state index in [4.69, 9.17) is 9.47 Å². The SMILES string of the molecule is COC(=O)/C=C(\C(=O)OC)N1N=C(SC)N(/N=C/C2=C[CH]C=C2)C1C1=C[CH]C=C1.[CH]1C=CC=C1.[CH]1C=CC=C1.[Fe].[Fe]. The number of hydrogen-bond donors (Lipinski definition) is 0. The van der Waals surface area contributed by atoms with Crippen LogP contribution in [0.5, 0.6) is 0 Å². The number of thioether (sulfide) groups is 1. The Labute approximate surface area is 267 Å². The fourth-order valence-corrected chi connectivity index (χ4v) is 3.92. The molecule has 8 nitrogen and oxygen atoms in total. The standard InChI is InChI=1S/C20H20N4O4S.2C5H5.2Fe/c1-27-17(25)12-16(19(26)28-2)23-18(15-10-6-7-11-15)24(20(22-23)29-3)21-13-14-8-4-5-9-14;2*1-2-4-5-3-1;;/h4-13,18H,1-3H3;2*1-5H;;/b16-12+,21-13+;;;;. The molecule has 4 aliphatic carbocycles. The topological polar surface area (TPSA) is 83.8 Å². The molecule has 4 radical (unpaired) electrons. The summed E-state index contributed by atoms with van der Waals surface area (Å²) in [5.41, 5.74) is 1.73. The fourth-order valence-electron chi connectivity index (χ4n) is 3.42. The summed E-state index contributed by atoms with van der Waals surface area (Å²) in [5.74, 6) is -1.40. The molecule has 1 atom stereocenters. The first-order valence-corrected chi connectivity index (χ1v) is 13.2. The monoisotopic (exact) mass is 654 g/mol. The second-order valence-electron chi connectivity index (χ2n) is 7.80. The number of allylic oxidation sites excluding steroid dienone is 14. The number of hydrogen-bond acceptors (Lipinski definition) is 9. The van der Waals surface area contributed by atoms with Crippen LogP contribution in [0.15, 0.2) is 118 Å². The van der Waals surface area contributed by atoms with Gasteiger partial charge in [0.2, 0.25) is 5.17 Å². The van der Waals surface area contributed by atoms with Gasteiger partial charge >= 0.3 is 11.9 Å². The van der Waals surface area contributed by atoms with Crippen molar-refractivity contribution in [1.82, 2.24) is 10.0 Å². The van der Waals surface area contributed by atoms with E-state index in [1.165, 1.54) is 31.0 Å². The number of amidine groups is 1. The van der Waals surface area contributed by atoms with Crippen molar-refractivity contribution in [3.63, 3.8) is 0 Å². The zero-order valence-corrected chi connectivity index (χ0v) is 25.7. The molecule has 1 unspecified atom stereocenters. The molecule has 1 aliphatic heterocycles. The molecule has 0 aromatic heterocycles. The Morgan fingerprint density at radius 1 is 0.854 bits per heavy atom. The minimum absolute atomic E-state index is 0. The number of esters is 2. The van der Waals surface area contributed by atoms with Gasteiger partial charge < -0.3 is 9.47 Å². The third-order valence-corrected chi connectivity index (χ3v) is 5.88. The maximum absolute atomic E-state index is 12.4. The van der Waals surface area contributed by atoms with Crippen molar-refractivity contribution < 1.29 is 53.2 Å². The Kier molecular flexibility index (Phi) is 17.5. The Bertz CT molecular complexity index is 1200. The predicted octanol–water partition coefficient (Wildman–Crippen LogP) is 4.81. The average molecular weight is 654 g/mol. The molecule has 0 saturated carbocycles. The van der Waals surface area contributed by atoms with Crippen LogP contribution < -0.4 is 0 Å². The van der Waals surface area contributed by atoms with Gasteiger partial charge in [-0.3, -0.25) is 0 Å². The van der Waals surface area contributed by atoms with Crippen LogP contribution >= 0.6 is 11.8 Å². The largest absolute Gasteiger partial charge is 0.466 e. The van der Waals surface area contributed by atoms with Crippen LogP contribution in [-0.4, -0.2) is 60.0 Å². The van der Waals surface area contributed by atoms with Crippen LogP contribution in [-0.2, 0) is 53.2 Å². The van der Waals surface area contributed by atoms with Gasteiger partial charge in [0.1, 0.15) is 0 Å². The molecule has 0 N–H and O–H groups in total. The molecule has 0 spiro atoms. The number of methoxy groups -OCH3 is 2. The molecule has 1 heterocycles. The molecule has 0 fully saturated rings. The molecule has 0 aromatic rings. The van der Waals surface area contributed by atoms with E-state index in [2.05, 4.69) is 10.2 Å². The molecular formula is C30H30Fe2N4O4S. The van der Waals surface area contributed by atoms with Gasteiger partial charge in [0.25, 0.3) is 0 Å². The van der Waals surface area contributed by atoms with Gasteiger partial charge in [0.05, 0.1) is 26.5 Å². The van der Waals surface area contributed by atoms with Crippen molar-refractivity contribution in [1.29, 1.82) is 0 Å². The van der Waals surface area contributed by atoms with Gasteiger partial charge in [0, 0.05) is 59.8 Å². The summed E-state index contributed by atoms with van der Waals surface area (Å²) >= 11 is 1.37. The first kappa shape index (κ1) is 36.0.